The van der Waals surface area contributed by atoms with Crippen molar-refractivity contribution in [3.63, 3.8) is 0 Å². The second-order valence-electron chi connectivity index (χ2n) is 7.78. The molecule has 2 aromatic carbocycles. The van der Waals surface area contributed by atoms with Crippen LogP contribution in [0.3, 0.4) is 0 Å². The molecule has 1 fully saturated rings. The molecule has 2 heterocycles. The molecule has 9 heteroatoms. The topological polar surface area (TPSA) is 62.6 Å². The maximum Gasteiger partial charge on any atom is 0.308 e. The number of nitrogens with zero attached hydrogens (tertiary/aromatic N) is 3. The second-order valence-corrected chi connectivity index (χ2v) is 11.2. The lowest BCUT2D eigenvalue weighted by atomic mass is 10.1. The summed E-state index contributed by atoms with van der Waals surface area (Å²) >= 11 is 7.23. The Hall–Kier alpha value is -1.87. The lowest BCUT2D eigenvalue weighted by molar-refractivity contribution is 0.385. The summed E-state index contributed by atoms with van der Waals surface area (Å²) in [6.45, 7) is 7.90. The number of rotatable bonds is 4. The summed E-state index contributed by atoms with van der Waals surface area (Å²) in [5, 5.41) is 0.672. The Morgan fingerprint density at radius 3 is 2.40 bits per heavy atom. The first-order chi connectivity index (χ1) is 14.2. The zero-order chi connectivity index (χ0) is 21.6. The number of aryl methyl sites for hydroxylation is 1. The van der Waals surface area contributed by atoms with E-state index in [4.69, 9.17) is 11.6 Å². The minimum Gasteiger partial charge on any atom is -0.369 e. The Morgan fingerprint density at radius 1 is 1.03 bits per heavy atom. The van der Waals surface area contributed by atoms with Crippen LogP contribution < -0.4 is 9.77 Å². The molecule has 3 aromatic rings. The van der Waals surface area contributed by atoms with Crippen molar-refractivity contribution in [2.75, 3.05) is 31.1 Å². The molecule has 0 unspecified atom stereocenters. The molecular formula is C21H24ClN3O3S2. The molecule has 160 valence electrons. The van der Waals surface area contributed by atoms with Crippen LogP contribution in [0.5, 0.6) is 0 Å². The largest absolute Gasteiger partial charge is 0.369 e. The van der Waals surface area contributed by atoms with Crippen LogP contribution in [0.2, 0.25) is 5.02 Å². The van der Waals surface area contributed by atoms with Crippen LogP contribution in [0.4, 0.5) is 5.69 Å². The van der Waals surface area contributed by atoms with Gasteiger partial charge in [0.15, 0.2) is 0 Å². The lowest BCUT2D eigenvalue weighted by Crippen LogP contribution is -2.48. The molecule has 0 radical (unpaired) electrons. The molecule has 1 saturated heterocycles. The summed E-state index contributed by atoms with van der Waals surface area (Å²) in [6, 6.07) is 10.8. The third-order valence-corrected chi connectivity index (χ3v) is 8.54. The third-order valence-electron chi connectivity index (χ3n) is 5.49. The molecule has 4 rings (SSSR count). The summed E-state index contributed by atoms with van der Waals surface area (Å²) < 4.78 is 30.4. The maximum absolute atomic E-state index is 13.2. The van der Waals surface area contributed by atoms with Crippen molar-refractivity contribution < 1.29 is 8.42 Å². The summed E-state index contributed by atoms with van der Waals surface area (Å²) in [5.41, 5.74) is 2.94. The number of benzene rings is 2. The molecule has 6 nitrogen and oxygen atoms in total. The van der Waals surface area contributed by atoms with E-state index in [1.165, 1.54) is 4.31 Å². The highest BCUT2D eigenvalue weighted by molar-refractivity contribution is 7.89. The fourth-order valence-electron chi connectivity index (χ4n) is 3.91. The van der Waals surface area contributed by atoms with E-state index >= 15 is 0 Å². The van der Waals surface area contributed by atoms with Gasteiger partial charge in [-0.15, -0.1) is 0 Å². The summed E-state index contributed by atoms with van der Waals surface area (Å²) in [4.78, 5) is 14.6. The van der Waals surface area contributed by atoms with Crippen molar-refractivity contribution in [3.8, 4) is 0 Å². The molecule has 30 heavy (non-hydrogen) atoms. The predicted molar refractivity (Wildman–Crippen MR) is 124 cm³/mol. The highest BCUT2D eigenvalue weighted by atomic mass is 35.5. The van der Waals surface area contributed by atoms with Crippen molar-refractivity contribution >= 4 is 48.9 Å². The number of piperazine rings is 1. The van der Waals surface area contributed by atoms with Gasteiger partial charge >= 0.3 is 4.87 Å². The molecule has 1 aliphatic heterocycles. The van der Waals surface area contributed by atoms with Crippen LogP contribution in [0.25, 0.3) is 10.2 Å². The van der Waals surface area contributed by atoms with Gasteiger partial charge in [0.05, 0.1) is 15.1 Å². The van der Waals surface area contributed by atoms with E-state index in [0.717, 1.165) is 28.1 Å². The van der Waals surface area contributed by atoms with Gasteiger partial charge in [-0.05, 0) is 56.7 Å². The Kier molecular flexibility index (Phi) is 5.69. The Balaban J connectivity index is 1.57. The molecule has 0 atom stereocenters. The van der Waals surface area contributed by atoms with Crippen LogP contribution >= 0.6 is 22.9 Å². The van der Waals surface area contributed by atoms with E-state index in [1.807, 2.05) is 39.0 Å². The minimum absolute atomic E-state index is 0.0248. The van der Waals surface area contributed by atoms with Crippen molar-refractivity contribution in [1.82, 2.24) is 8.87 Å². The number of halogens is 1. The highest BCUT2D eigenvalue weighted by Gasteiger charge is 2.29. The summed E-state index contributed by atoms with van der Waals surface area (Å²) in [5.74, 6) is 0. The Morgan fingerprint density at radius 2 is 1.73 bits per heavy atom. The molecule has 0 amide bonds. The molecule has 0 aliphatic carbocycles. The van der Waals surface area contributed by atoms with Crippen LogP contribution in [0.15, 0.2) is 46.1 Å². The molecule has 0 saturated carbocycles. The monoisotopic (exact) mass is 465 g/mol. The van der Waals surface area contributed by atoms with Gasteiger partial charge in [-0.25, -0.2) is 8.42 Å². The van der Waals surface area contributed by atoms with Crippen molar-refractivity contribution in [2.24, 2.45) is 0 Å². The number of aromatic nitrogens is 1. The number of hydrogen-bond acceptors (Lipinski definition) is 5. The fraction of sp³-hybridized carbons (Fsp3) is 0.381. The summed E-state index contributed by atoms with van der Waals surface area (Å²) in [7, 11) is -3.63. The van der Waals surface area contributed by atoms with Gasteiger partial charge in [-0.1, -0.05) is 29.0 Å². The first-order valence-electron chi connectivity index (χ1n) is 9.85. The smallest absolute Gasteiger partial charge is 0.308 e. The average Bonchev–Trinajstić information content (AvgIpc) is 3.05. The van der Waals surface area contributed by atoms with Crippen LogP contribution in [0, 0.1) is 6.92 Å². The van der Waals surface area contributed by atoms with E-state index in [-0.39, 0.29) is 15.8 Å². The van der Waals surface area contributed by atoms with E-state index in [9.17, 15) is 13.2 Å². The third kappa shape index (κ3) is 3.77. The number of fused-ring (bicyclic) bond motifs is 1. The first kappa shape index (κ1) is 21.4. The van der Waals surface area contributed by atoms with E-state index in [2.05, 4.69) is 4.90 Å². The zero-order valence-corrected chi connectivity index (χ0v) is 19.5. The summed E-state index contributed by atoms with van der Waals surface area (Å²) in [6.07, 6.45) is 0. The van der Waals surface area contributed by atoms with Gasteiger partial charge in [0, 0.05) is 42.9 Å². The molecule has 0 bridgehead atoms. The Bertz CT molecular complexity index is 1260. The van der Waals surface area contributed by atoms with Gasteiger partial charge in [0.2, 0.25) is 10.0 Å². The van der Waals surface area contributed by atoms with Crippen molar-refractivity contribution in [3.05, 3.63) is 56.7 Å². The lowest BCUT2D eigenvalue weighted by Gasteiger charge is -2.36. The van der Waals surface area contributed by atoms with E-state index in [1.54, 1.807) is 22.8 Å². The van der Waals surface area contributed by atoms with E-state index < -0.39 is 10.0 Å². The molecule has 0 N–H and O–H groups in total. The highest BCUT2D eigenvalue weighted by Crippen LogP contribution is 2.28. The van der Waals surface area contributed by atoms with E-state index in [0.29, 0.717) is 35.9 Å². The van der Waals surface area contributed by atoms with Crippen molar-refractivity contribution in [2.45, 2.75) is 31.7 Å². The fourth-order valence-corrected chi connectivity index (χ4v) is 6.65. The maximum atomic E-state index is 13.2. The van der Waals surface area contributed by atoms with Crippen LogP contribution in [0.1, 0.15) is 25.5 Å². The molecular weight excluding hydrogens is 442 g/mol. The molecule has 1 aromatic heterocycles. The normalized spacial score (nSPS) is 16.0. The quantitative estimate of drug-likeness (QED) is 0.581. The van der Waals surface area contributed by atoms with Gasteiger partial charge in [0.25, 0.3) is 0 Å². The van der Waals surface area contributed by atoms with Crippen molar-refractivity contribution in [1.29, 1.82) is 0 Å². The van der Waals surface area contributed by atoms with Crippen LogP contribution in [-0.2, 0) is 10.0 Å². The molecule has 0 spiro atoms. The minimum atomic E-state index is -3.63. The second kappa shape index (κ2) is 8.00. The van der Waals surface area contributed by atoms with Gasteiger partial charge in [-0.2, -0.15) is 4.31 Å². The van der Waals surface area contributed by atoms with Crippen LogP contribution in [-0.4, -0.2) is 43.5 Å². The van der Waals surface area contributed by atoms with Gasteiger partial charge < -0.3 is 4.90 Å². The molecule has 1 aliphatic rings. The van der Waals surface area contributed by atoms with Gasteiger partial charge in [-0.3, -0.25) is 9.36 Å². The predicted octanol–water partition coefficient (Wildman–Crippen LogP) is 4.12. The van der Waals surface area contributed by atoms with Gasteiger partial charge in [0.1, 0.15) is 0 Å². The standard InChI is InChI=1S/C21H24ClN3O3S2/c1-14(2)25-18-7-6-17(13-20(18)29-21(25)26)30(27,28)24-10-8-23(9-11-24)19-12-16(22)5-4-15(19)3/h4-7,12-14H,8-11H2,1-3H3. The zero-order valence-electron chi connectivity index (χ0n) is 17.1. The average molecular weight is 466 g/mol. The number of sulfonamides is 1. The number of anilines is 1. The SMILES string of the molecule is Cc1ccc(Cl)cc1N1CCN(S(=O)(=O)c2ccc3c(c2)sc(=O)n3C(C)C)CC1. The number of hydrogen-bond donors (Lipinski definition) is 0. The Labute approximate surface area is 185 Å². The first-order valence-corrected chi connectivity index (χ1v) is 12.5. The number of thiazole rings is 1.